The Labute approximate surface area is 225 Å². The lowest BCUT2D eigenvalue weighted by Gasteiger charge is -2.12. The highest BCUT2D eigenvalue weighted by Gasteiger charge is 2.16. The van der Waals surface area contributed by atoms with Crippen LogP contribution in [0.1, 0.15) is 24.7 Å². The maximum atomic E-state index is 12.5. The summed E-state index contributed by atoms with van der Waals surface area (Å²) in [7, 11) is 0. The minimum absolute atomic E-state index is 0.0293. The second kappa shape index (κ2) is 12.4. The smallest absolute Gasteiger partial charge is 0.231 e. The van der Waals surface area contributed by atoms with Crippen LogP contribution in [-0.2, 0) is 17.9 Å². The van der Waals surface area contributed by atoms with E-state index < -0.39 is 0 Å². The van der Waals surface area contributed by atoms with Gasteiger partial charge in [0.1, 0.15) is 5.75 Å². The average molecular weight is 532 g/mol. The van der Waals surface area contributed by atoms with Crippen molar-refractivity contribution in [1.29, 1.82) is 0 Å². The van der Waals surface area contributed by atoms with Crippen LogP contribution < -0.4 is 24.8 Å². The fraction of sp³-hybridized carbons (Fsp3) is 0.250. The topological polar surface area (TPSA) is 99.5 Å². The van der Waals surface area contributed by atoms with Gasteiger partial charge in [-0.3, -0.25) is 9.36 Å². The van der Waals surface area contributed by atoms with E-state index in [2.05, 4.69) is 20.8 Å². The van der Waals surface area contributed by atoms with Gasteiger partial charge in [-0.25, -0.2) is 0 Å². The number of hydrogen-bond acceptors (Lipinski definition) is 8. The van der Waals surface area contributed by atoms with Gasteiger partial charge < -0.3 is 24.8 Å². The summed E-state index contributed by atoms with van der Waals surface area (Å²) >= 11 is 1.51. The summed E-state index contributed by atoms with van der Waals surface area (Å²) in [5, 5.41) is 16.0. The van der Waals surface area contributed by atoms with Crippen LogP contribution in [0.15, 0.2) is 78.0 Å². The van der Waals surface area contributed by atoms with Crippen molar-refractivity contribution in [3.05, 3.63) is 84.2 Å². The highest BCUT2D eigenvalue weighted by atomic mass is 32.2. The van der Waals surface area contributed by atoms with E-state index in [0.29, 0.717) is 37.6 Å². The standard InChI is InChI=1S/C28H29N5O4S/c1-2-35-23-11-9-21(10-12-23)29-18-26-31-32-28(33(26)22-6-4-3-5-7-22)38-15-14-27(34)30-17-20-8-13-24-25(16-20)37-19-36-24/h3-13,16,29H,2,14-15,17-19H2,1H3,(H,30,34). The first-order valence-electron chi connectivity index (χ1n) is 12.4. The number of hydrogen-bond donors (Lipinski definition) is 2. The lowest BCUT2D eigenvalue weighted by atomic mass is 10.2. The molecule has 38 heavy (non-hydrogen) atoms. The number of ether oxygens (including phenoxy) is 3. The minimum atomic E-state index is -0.0293. The molecule has 1 aliphatic rings. The summed E-state index contributed by atoms with van der Waals surface area (Å²) < 4.78 is 18.3. The Morgan fingerprint density at radius 1 is 1.00 bits per heavy atom. The van der Waals surface area contributed by atoms with E-state index in [-0.39, 0.29) is 12.7 Å². The van der Waals surface area contributed by atoms with Crippen LogP contribution >= 0.6 is 11.8 Å². The Morgan fingerprint density at radius 3 is 2.63 bits per heavy atom. The van der Waals surface area contributed by atoms with Gasteiger partial charge in [0.2, 0.25) is 12.7 Å². The van der Waals surface area contributed by atoms with Crippen LogP contribution in [0.2, 0.25) is 0 Å². The normalized spacial score (nSPS) is 11.8. The third-order valence-corrected chi connectivity index (χ3v) is 6.75. The number of thioether (sulfide) groups is 1. The molecule has 10 heteroatoms. The molecule has 0 bridgehead atoms. The Balaban J connectivity index is 1.18. The van der Waals surface area contributed by atoms with E-state index in [1.165, 1.54) is 11.8 Å². The predicted octanol–water partition coefficient (Wildman–Crippen LogP) is 4.81. The molecule has 0 aliphatic carbocycles. The molecule has 4 aromatic rings. The molecule has 9 nitrogen and oxygen atoms in total. The number of nitrogens with one attached hydrogen (secondary N) is 2. The second-order valence-electron chi connectivity index (χ2n) is 8.44. The number of amides is 1. The predicted molar refractivity (Wildman–Crippen MR) is 146 cm³/mol. The zero-order valence-electron chi connectivity index (χ0n) is 21.1. The molecular formula is C28H29N5O4S. The second-order valence-corrected chi connectivity index (χ2v) is 9.51. The summed E-state index contributed by atoms with van der Waals surface area (Å²) in [5.41, 5.74) is 2.89. The lowest BCUT2D eigenvalue weighted by Crippen LogP contribution is -2.23. The Bertz CT molecular complexity index is 1360. The lowest BCUT2D eigenvalue weighted by molar-refractivity contribution is -0.120. The fourth-order valence-corrected chi connectivity index (χ4v) is 4.84. The molecule has 5 rings (SSSR count). The number of benzene rings is 3. The highest BCUT2D eigenvalue weighted by molar-refractivity contribution is 7.99. The van der Waals surface area contributed by atoms with Crippen LogP contribution in [0.4, 0.5) is 5.69 Å². The van der Waals surface area contributed by atoms with Crippen molar-refractivity contribution in [1.82, 2.24) is 20.1 Å². The van der Waals surface area contributed by atoms with E-state index in [9.17, 15) is 4.79 Å². The van der Waals surface area contributed by atoms with E-state index in [1.54, 1.807) is 0 Å². The number of nitrogens with zero attached hydrogens (tertiary/aromatic N) is 3. The van der Waals surface area contributed by atoms with Gasteiger partial charge in [-0.05, 0) is 61.0 Å². The van der Waals surface area contributed by atoms with Crippen LogP contribution in [-0.4, -0.2) is 39.8 Å². The quantitative estimate of drug-likeness (QED) is 0.252. The van der Waals surface area contributed by atoms with Gasteiger partial charge in [0.05, 0.1) is 13.2 Å². The molecule has 0 fully saturated rings. The zero-order chi connectivity index (χ0) is 26.2. The number of rotatable bonds is 12. The number of carbonyl (C=O) groups excluding carboxylic acids is 1. The van der Waals surface area contributed by atoms with Gasteiger partial charge in [-0.2, -0.15) is 0 Å². The third-order valence-electron chi connectivity index (χ3n) is 5.82. The van der Waals surface area contributed by atoms with Gasteiger partial charge in [-0.1, -0.05) is 36.0 Å². The summed E-state index contributed by atoms with van der Waals surface area (Å²) in [6.45, 7) is 3.75. The first-order valence-corrected chi connectivity index (χ1v) is 13.4. The largest absolute Gasteiger partial charge is 0.494 e. The molecule has 1 aromatic heterocycles. The molecule has 0 radical (unpaired) electrons. The Hall–Kier alpha value is -4.18. The van der Waals surface area contributed by atoms with Gasteiger partial charge in [-0.15, -0.1) is 10.2 Å². The van der Waals surface area contributed by atoms with Crippen molar-refractivity contribution in [2.75, 3.05) is 24.5 Å². The molecule has 196 valence electrons. The van der Waals surface area contributed by atoms with Crippen molar-refractivity contribution in [3.63, 3.8) is 0 Å². The van der Waals surface area contributed by atoms with Crippen LogP contribution in [0, 0.1) is 0 Å². The average Bonchev–Trinajstić information content (AvgIpc) is 3.59. The monoisotopic (exact) mass is 531 g/mol. The van der Waals surface area contributed by atoms with Crippen molar-refractivity contribution >= 4 is 23.4 Å². The maximum absolute atomic E-state index is 12.5. The Morgan fingerprint density at radius 2 is 1.82 bits per heavy atom. The number of aromatic nitrogens is 3. The molecule has 0 atom stereocenters. The first-order chi connectivity index (χ1) is 18.7. The summed E-state index contributed by atoms with van der Waals surface area (Å²) in [4.78, 5) is 12.5. The molecule has 1 amide bonds. The molecule has 1 aliphatic heterocycles. The molecule has 0 saturated heterocycles. The van der Waals surface area contributed by atoms with E-state index >= 15 is 0 Å². The molecule has 2 heterocycles. The number of carbonyl (C=O) groups is 1. The molecule has 0 unspecified atom stereocenters. The SMILES string of the molecule is CCOc1ccc(NCc2nnc(SCCC(=O)NCc3ccc4c(c3)OCO4)n2-c2ccccc2)cc1. The molecule has 2 N–H and O–H groups in total. The van der Waals surface area contributed by atoms with E-state index in [0.717, 1.165) is 39.4 Å². The molecule has 3 aromatic carbocycles. The summed E-state index contributed by atoms with van der Waals surface area (Å²) in [5.74, 6) is 3.60. The van der Waals surface area contributed by atoms with Gasteiger partial charge in [0.15, 0.2) is 22.5 Å². The molecule has 0 saturated carbocycles. The number of anilines is 1. The number of fused-ring (bicyclic) bond motifs is 1. The molecular weight excluding hydrogens is 502 g/mol. The van der Waals surface area contributed by atoms with Gasteiger partial charge in [0, 0.05) is 30.1 Å². The van der Waals surface area contributed by atoms with E-state index in [1.807, 2.05) is 84.3 Å². The Kier molecular flexibility index (Phi) is 8.29. The van der Waals surface area contributed by atoms with Crippen LogP contribution in [0.25, 0.3) is 5.69 Å². The number of para-hydroxylation sites is 1. The highest BCUT2D eigenvalue weighted by Crippen LogP contribution is 2.32. The van der Waals surface area contributed by atoms with Gasteiger partial charge >= 0.3 is 0 Å². The van der Waals surface area contributed by atoms with E-state index in [4.69, 9.17) is 14.2 Å². The first kappa shape index (κ1) is 25.5. The van der Waals surface area contributed by atoms with Crippen LogP contribution in [0.5, 0.6) is 17.2 Å². The fourth-order valence-electron chi connectivity index (χ4n) is 3.94. The van der Waals surface area contributed by atoms with Crippen molar-refractivity contribution < 1.29 is 19.0 Å². The van der Waals surface area contributed by atoms with Crippen molar-refractivity contribution in [2.24, 2.45) is 0 Å². The molecule has 0 spiro atoms. The maximum Gasteiger partial charge on any atom is 0.231 e. The minimum Gasteiger partial charge on any atom is -0.494 e. The van der Waals surface area contributed by atoms with Crippen molar-refractivity contribution in [3.8, 4) is 22.9 Å². The van der Waals surface area contributed by atoms with Crippen LogP contribution in [0.3, 0.4) is 0 Å². The third kappa shape index (κ3) is 6.38. The van der Waals surface area contributed by atoms with Crippen molar-refractivity contribution in [2.45, 2.75) is 31.6 Å². The summed E-state index contributed by atoms with van der Waals surface area (Å²) in [6, 6.07) is 23.5. The zero-order valence-corrected chi connectivity index (χ0v) is 21.9. The van der Waals surface area contributed by atoms with Gasteiger partial charge in [0.25, 0.3) is 0 Å². The summed E-state index contributed by atoms with van der Waals surface area (Å²) in [6.07, 6.45) is 0.358.